The highest BCUT2D eigenvalue weighted by Gasteiger charge is 2.09. The molecule has 0 bridgehead atoms. The molecule has 0 saturated carbocycles. The molecule has 2 heterocycles. The van der Waals surface area contributed by atoms with Gasteiger partial charge in [0.1, 0.15) is 0 Å². The Labute approximate surface area is 142 Å². The maximum absolute atomic E-state index is 12.0. The molecule has 2 aromatic heterocycles. The molecule has 1 aromatic carbocycles. The molecule has 3 aromatic rings. The van der Waals surface area contributed by atoms with Crippen molar-refractivity contribution < 1.29 is 14.0 Å². The molecule has 0 spiro atoms. The number of furan rings is 1. The second-order valence-electron chi connectivity index (χ2n) is 5.09. The summed E-state index contributed by atoms with van der Waals surface area (Å²) in [4.78, 5) is 28.1. The summed E-state index contributed by atoms with van der Waals surface area (Å²) in [6.45, 7) is 1.90. The molecule has 0 radical (unpaired) electrons. The minimum atomic E-state index is -0.323. The van der Waals surface area contributed by atoms with Gasteiger partial charge in [-0.2, -0.15) is 0 Å². The summed E-state index contributed by atoms with van der Waals surface area (Å²) in [6, 6.07) is 10.1. The molecule has 3 rings (SSSR count). The maximum atomic E-state index is 12.0. The average molecular weight is 341 g/mol. The zero-order valence-electron chi connectivity index (χ0n) is 12.9. The highest BCUT2D eigenvalue weighted by Crippen LogP contribution is 2.16. The van der Waals surface area contributed by atoms with Gasteiger partial charge >= 0.3 is 0 Å². The number of nitrogens with zero attached hydrogens (tertiary/aromatic N) is 1. The van der Waals surface area contributed by atoms with Crippen LogP contribution in [0.2, 0.25) is 0 Å². The molecule has 2 N–H and O–H groups in total. The van der Waals surface area contributed by atoms with E-state index in [2.05, 4.69) is 15.6 Å². The zero-order chi connectivity index (χ0) is 16.9. The van der Waals surface area contributed by atoms with Crippen LogP contribution < -0.4 is 10.6 Å². The number of hydrogen-bond donors (Lipinski definition) is 2. The summed E-state index contributed by atoms with van der Waals surface area (Å²) in [5.74, 6) is -0.214. The van der Waals surface area contributed by atoms with E-state index in [9.17, 15) is 9.59 Å². The lowest BCUT2D eigenvalue weighted by molar-refractivity contribution is -0.115. The maximum Gasteiger partial charge on any atom is 0.291 e. The first-order valence-electron chi connectivity index (χ1n) is 7.26. The number of nitrogens with one attached hydrogen (secondary N) is 2. The predicted octanol–water partition coefficient (Wildman–Crippen LogP) is 3.48. The second kappa shape index (κ2) is 7.10. The number of rotatable bonds is 5. The van der Waals surface area contributed by atoms with E-state index < -0.39 is 0 Å². The molecule has 0 unspecified atom stereocenters. The van der Waals surface area contributed by atoms with E-state index in [4.69, 9.17) is 4.42 Å². The summed E-state index contributed by atoms with van der Waals surface area (Å²) in [5.41, 5.74) is 2.03. The van der Waals surface area contributed by atoms with Crippen LogP contribution in [-0.2, 0) is 11.2 Å². The van der Waals surface area contributed by atoms with E-state index in [1.807, 2.05) is 12.3 Å². The van der Waals surface area contributed by atoms with Gasteiger partial charge in [-0.15, -0.1) is 11.3 Å². The Morgan fingerprint density at radius 2 is 1.83 bits per heavy atom. The Morgan fingerprint density at radius 1 is 1.12 bits per heavy atom. The van der Waals surface area contributed by atoms with Gasteiger partial charge in [0.05, 0.1) is 23.4 Å². The van der Waals surface area contributed by atoms with Crippen LogP contribution in [0.5, 0.6) is 0 Å². The Hall–Kier alpha value is -2.93. The topological polar surface area (TPSA) is 84.2 Å². The van der Waals surface area contributed by atoms with Crippen molar-refractivity contribution in [1.82, 2.24) is 4.98 Å². The average Bonchev–Trinajstić information content (AvgIpc) is 3.21. The molecule has 0 atom stereocenters. The third-order valence-electron chi connectivity index (χ3n) is 3.18. The number of aryl methyl sites for hydroxylation is 1. The van der Waals surface area contributed by atoms with Crippen molar-refractivity contribution in [3.63, 3.8) is 0 Å². The van der Waals surface area contributed by atoms with Crippen LogP contribution in [-0.4, -0.2) is 16.8 Å². The minimum Gasteiger partial charge on any atom is -0.459 e. The Bertz CT molecular complexity index is 838. The molecule has 6 nitrogen and oxygen atoms in total. The van der Waals surface area contributed by atoms with Crippen LogP contribution in [0.1, 0.15) is 21.3 Å². The van der Waals surface area contributed by atoms with Crippen LogP contribution in [0.25, 0.3) is 0 Å². The summed E-state index contributed by atoms with van der Waals surface area (Å²) < 4.78 is 5.03. The number of aromatic nitrogens is 1. The van der Waals surface area contributed by atoms with Gasteiger partial charge in [0.2, 0.25) is 5.91 Å². The molecule has 2 amide bonds. The summed E-state index contributed by atoms with van der Waals surface area (Å²) in [5, 5.41) is 8.33. The highest BCUT2D eigenvalue weighted by atomic mass is 32.1. The van der Waals surface area contributed by atoms with Gasteiger partial charge in [-0.3, -0.25) is 9.59 Å². The molecule has 0 aliphatic carbocycles. The lowest BCUT2D eigenvalue weighted by Crippen LogP contribution is -2.15. The van der Waals surface area contributed by atoms with Crippen LogP contribution in [0.4, 0.5) is 11.4 Å². The van der Waals surface area contributed by atoms with Crippen LogP contribution in [0.3, 0.4) is 0 Å². The smallest absolute Gasteiger partial charge is 0.291 e. The zero-order valence-corrected chi connectivity index (χ0v) is 13.7. The van der Waals surface area contributed by atoms with Gasteiger partial charge in [-0.1, -0.05) is 0 Å². The van der Waals surface area contributed by atoms with Crippen molar-refractivity contribution in [3.05, 3.63) is 64.5 Å². The van der Waals surface area contributed by atoms with Crippen molar-refractivity contribution in [2.45, 2.75) is 13.3 Å². The molecular weight excluding hydrogens is 326 g/mol. The minimum absolute atomic E-state index is 0.132. The Balaban J connectivity index is 1.56. The molecule has 0 aliphatic rings. The molecule has 0 fully saturated rings. The van der Waals surface area contributed by atoms with E-state index in [1.165, 1.54) is 17.6 Å². The van der Waals surface area contributed by atoms with E-state index in [0.717, 1.165) is 10.7 Å². The number of carbonyl (C=O) groups is 2. The Kier molecular flexibility index (Phi) is 4.72. The third-order valence-corrected chi connectivity index (χ3v) is 4.00. The largest absolute Gasteiger partial charge is 0.459 e. The van der Waals surface area contributed by atoms with E-state index in [-0.39, 0.29) is 24.0 Å². The first-order valence-corrected chi connectivity index (χ1v) is 8.14. The van der Waals surface area contributed by atoms with Gasteiger partial charge in [0.25, 0.3) is 5.91 Å². The number of carbonyl (C=O) groups excluding carboxylic acids is 2. The fourth-order valence-electron chi connectivity index (χ4n) is 2.10. The fraction of sp³-hybridized carbons (Fsp3) is 0.118. The lowest BCUT2D eigenvalue weighted by atomic mass is 10.2. The SMILES string of the molecule is Cc1nc(CC(=O)Nc2ccc(NC(=O)c3ccco3)cc2)cs1. The quantitative estimate of drug-likeness (QED) is 0.744. The number of anilines is 2. The van der Waals surface area contributed by atoms with Gasteiger partial charge in [-0.05, 0) is 43.3 Å². The first kappa shape index (κ1) is 15.9. The molecule has 122 valence electrons. The summed E-state index contributed by atoms with van der Waals surface area (Å²) in [6.07, 6.45) is 1.68. The van der Waals surface area contributed by atoms with Gasteiger partial charge in [-0.25, -0.2) is 4.98 Å². The lowest BCUT2D eigenvalue weighted by Gasteiger charge is -2.07. The summed E-state index contributed by atoms with van der Waals surface area (Å²) in [7, 11) is 0. The molecule has 0 aliphatic heterocycles. The second-order valence-corrected chi connectivity index (χ2v) is 6.15. The first-order chi connectivity index (χ1) is 11.6. The van der Waals surface area contributed by atoms with Crippen molar-refractivity contribution in [2.75, 3.05) is 10.6 Å². The van der Waals surface area contributed by atoms with Crippen molar-refractivity contribution in [3.8, 4) is 0 Å². The summed E-state index contributed by atoms with van der Waals surface area (Å²) >= 11 is 1.52. The molecular formula is C17H15N3O3S. The predicted molar refractivity (Wildman–Crippen MR) is 92.3 cm³/mol. The van der Waals surface area contributed by atoms with Gasteiger partial charge in [0.15, 0.2) is 5.76 Å². The third kappa shape index (κ3) is 4.08. The van der Waals surface area contributed by atoms with Gasteiger partial charge in [0, 0.05) is 16.8 Å². The number of benzene rings is 1. The van der Waals surface area contributed by atoms with E-state index >= 15 is 0 Å². The van der Waals surface area contributed by atoms with E-state index in [0.29, 0.717) is 11.4 Å². The van der Waals surface area contributed by atoms with Crippen molar-refractivity contribution in [1.29, 1.82) is 0 Å². The standard InChI is InChI=1S/C17H15N3O3S/c1-11-18-14(10-24-11)9-16(21)19-12-4-6-13(7-5-12)20-17(22)15-3-2-8-23-15/h2-8,10H,9H2,1H3,(H,19,21)(H,20,22). The Morgan fingerprint density at radius 3 is 2.42 bits per heavy atom. The number of hydrogen-bond acceptors (Lipinski definition) is 5. The van der Waals surface area contributed by atoms with Crippen LogP contribution in [0.15, 0.2) is 52.5 Å². The monoisotopic (exact) mass is 341 g/mol. The normalized spacial score (nSPS) is 10.4. The van der Waals surface area contributed by atoms with Crippen LogP contribution in [0, 0.1) is 6.92 Å². The molecule has 0 saturated heterocycles. The van der Waals surface area contributed by atoms with Crippen molar-refractivity contribution >= 4 is 34.5 Å². The molecule has 24 heavy (non-hydrogen) atoms. The van der Waals surface area contributed by atoms with Crippen LogP contribution >= 0.6 is 11.3 Å². The van der Waals surface area contributed by atoms with E-state index in [1.54, 1.807) is 36.4 Å². The number of amides is 2. The highest BCUT2D eigenvalue weighted by molar-refractivity contribution is 7.09. The van der Waals surface area contributed by atoms with Crippen molar-refractivity contribution in [2.24, 2.45) is 0 Å². The fourth-order valence-corrected chi connectivity index (χ4v) is 2.71. The molecule has 7 heteroatoms. The number of thiazole rings is 1. The van der Waals surface area contributed by atoms with Gasteiger partial charge < -0.3 is 15.1 Å².